The van der Waals surface area contributed by atoms with Gasteiger partial charge in [0.15, 0.2) is 0 Å². The second kappa shape index (κ2) is 9.74. The average Bonchev–Trinajstić information content (AvgIpc) is 3.39. The normalized spacial score (nSPS) is 20.5. The van der Waals surface area contributed by atoms with Gasteiger partial charge in [0.2, 0.25) is 5.91 Å². The average molecular weight is 498 g/mol. The number of methoxy groups -OCH3 is 1. The molecule has 1 saturated carbocycles. The summed E-state index contributed by atoms with van der Waals surface area (Å²) in [4.78, 5) is 30.4. The lowest BCUT2D eigenvalue weighted by atomic mass is 9.81. The van der Waals surface area contributed by atoms with Crippen molar-refractivity contribution in [3.8, 4) is 11.3 Å². The highest BCUT2D eigenvalue weighted by Gasteiger charge is 2.36. The smallest absolute Gasteiger partial charge is 0.348 e. The number of rotatable bonds is 5. The zero-order chi connectivity index (χ0) is 24.7. The summed E-state index contributed by atoms with van der Waals surface area (Å²) in [5.74, 6) is -0.631. The van der Waals surface area contributed by atoms with Gasteiger partial charge in [-0.15, -0.1) is 11.3 Å². The highest BCUT2D eigenvalue weighted by atomic mass is 32.1. The molecule has 3 heterocycles. The first kappa shape index (κ1) is 24.0. The van der Waals surface area contributed by atoms with Gasteiger partial charge < -0.3 is 19.1 Å². The standard InChI is InChI=1S/C27H32FN3O3S/c1-29(2)12-13-30-15-17-8-4-5-9-18(17)25-24(19-10-6-7-11-20(19)28)26-21(31(25)16-23(30)32)14-22(35-26)27(33)34-3/h4-5,8-9,14,19-20H,6-7,10-13,15-16H2,1-3H3/t19-,20-/m0/s1. The number of likely N-dealkylation sites (N-methyl/N-ethyl adjacent to an activating group) is 1. The fourth-order valence-electron chi connectivity index (χ4n) is 5.50. The first-order valence-electron chi connectivity index (χ1n) is 12.3. The van der Waals surface area contributed by atoms with Gasteiger partial charge in [0.1, 0.15) is 17.6 Å². The number of hydrogen-bond donors (Lipinski definition) is 0. The van der Waals surface area contributed by atoms with E-state index in [1.54, 1.807) is 0 Å². The van der Waals surface area contributed by atoms with E-state index in [4.69, 9.17) is 4.74 Å². The number of nitrogens with zero attached hydrogens (tertiary/aromatic N) is 3. The van der Waals surface area contributed by atoms with Gasteiger partial charge in [-0.2, -0.15) is 0 Å². The van der Waals surface area contributed by atoms with Gasteiger partial charge in [-0.25, -0.2) is 9.18 Å². The molecule has 0 spiro atoms. The number of hydrogen-bond acceptors (Lipinski definition) is 5. The van der Waals surface area contributed by atoms with E-state index in [-0.39, 0.29) is 18.4 Å². The Bertz CT molecular complexity index is 1260. The van der Waals surface area contributed by atoms with Crippen molar-refractivity contribution in [2.75, 3.05) is 34.3 Å². The van der Waals surface area contributed by atoms with Gasteiger partial charge in [-0.05, 0) is 38.6 Å². The maximum Gasteiger partial charge on any atom is 0.348 e. The van der Waals surface area contributed by atoms with E-state index in [2.05, 4.69) is 17.0 Å². The summed E-state index contributed by atoms with van der Waals surface area (Å²) in [6.07, 6.45) is 2.25. The quantitative estimate of drug-likeness (QED) is 0.463. The van der Waals surface area contributed by atoms with Crippen molar-refractivity contribution >= 4 is 33.4 Å². The molecule has 2 aromatic heterocycles. The van der Waals surface area contributed by atoms with Crippen molar-refractivity contribution in [1.29, 1.82) is 0 Å². The van der Waals surface area contributed by atoms with Crippen molar-refractivity contribution in [2.24, 2.45) is 0 Å². The third-order valence-corrected chi connectivity index (χ3v) is 8.45. The molecule has 0 saturated heterocycles. The molecule has 3 aromatic rings. The molecule has 2 aliphatic rings. The molecule has 0 bridgehead atoms. The molecule has 0 radical (unpaired) electrons. The summed E-state index contributed by atoms with van der Waals surface area (Å²) in [5.41, 5.74) is 4.82. The third kappa shape index (κ3) is 4.38. The van der Waals surface area contributed by atoms with Gasteiger partial charge in [-0.1, -0.05) is 37.1 Å². The molecule has 0 unspecified atom stereocenters. The first-order valence-corrected chi connectivity index (χ1v) is 13.1. The van der Waals surface area contributed by atoms with E-state index in [0.29, 0.717) is 24.4 Å². The Hall–Kier alpha value is -2.71. The van der Waals surface area contributed by atoms with E-state index in [1.807, 2.05) is 41.8 Å². The van der Waals surface area contributed by atoms with Crippen molar-refractivity contribution in [3.63, 3.8) is 0 Å². The summed E-state index contributed by atoms with van der Waals surface area (Å²) in [6.45, 7) is 2.08. The lowest BCUT2D eigenvalue weighted by Crippen LogP contribution is -2.39. The Morgan fingerprint density at radius 2 is 1.97 bits per heavy atom. The Labute approximate surface area is 209 Å². The number of ether oxygens (including phenoxy) is 1. The Morgan fingerprint density at radius 1 is 1.20 bits per heavy atom. The molecule has 5 rings (SSSR count). The van der Waals surface area contributed by atoms with E-state index in [0.717, 1.165) is 58.4 Å². The van der Waals surface area contributed by atoms with Crippen LogP contribution in [-0.2, 0) is 22.6 Å². The molecule has 1 aliphatic heterocycles. The molecule has 1 fully saturated rings. The highest BCUT2D eigenvalue weighted by Crippen LogP contribution is 2.48. The van der Waals surface area contributed by atoms with Crippen LogP contribution in [0.15, 0.2) is 30.3 Å². The Kier molecular flexibility index (Phi) is 6.68. The summed E-state index contributed by atoms with van der Waals surface area (Å²) in [7, 11) is 5.37. The fourth-order valence-corrected chi connectivity index (χ4v) is 6.69. The minimum absolute atomic E-state index is 0.0253. The van der Waals surface area contributed by atoms with Crippen LogP contribution in [0.4, 0.5) is 4.39 Å². The molecule has 1 aliphatic carbocycles. The van der Waals surface area contributed by atoms with Crippen LogP contribution in [-0.4, -0.2) is 66.7 Å². The first-order chi connectivity index (χ1) is 16.9. The monoisotopic (exact) mass is 497 g/mol. The maximum absolute atomic E-state index is 15.4. The summed E-state index contributed by atoms with van der Waals surface area (Å²) in [6, 6.07) is 9.98. The number of benzene rings is 1. The summed E-state index contributed by atoms with van der Waals surface area (Å²) < 4.78 is 23.4. The van der Waals surface area contributed by atoms with Crippen molar-refractivity contribution in [2.45, 2.75) is 50.9 Å². The molecular weight excluding hydrogens is 465 g/mol. The number of alkyl halides is 1. The minimum atomic E-state index is -0.937. The van der Waals surface area contributed by atoms with Gasteiger partial charge in [-0.3, -0.25) is 4.79 Å². The number of thiophene rings is 1. The van der Waals surface area contributed by atoms with Crippen LogP contribution in [0.3, 0.4) is 0 Å². The second-order valence-electron chi connectivity index (χ2n) is 9.85. The predicted molar refractivity (Wildman–Crippen MR) is 137 cm³/mol. The maximum atomic E-state index is 15.4. The van der Waals surface area contributed by atoms with E-state index in [9.17, 15) is 9.59 Å². The SMILES string of the molecule is COC(=O)c1cc2c(s1)c([C@H]1CCCC[C@@H]1F)c1n2CC(=O)N(CCN(C)C)Cc2ccccc2-1. The summed E-state index contributed by atoms with van der Waals surface area (Å²) in [5, 5.41) is 0. The van der Waals surface area contributed by atoms with Gasteiger partial charge >= 0.3 is 5.97 Å². The fraction of sp³-hybridized carbons (Fsp3) is 0.481. The molecular formula is C27H32FN3O3S. The Balaban J connectivity index is 1.74. The van der Waals surface area contributed by atoms with Crippen LogP contribution in [0.1, 0.15) is 52.4 Å². The zero-order valence-electron chi connectivity index (χ0n) is 20.6. The Morgan fingerprint density at radius 3 is 2.71 bits per heavy atom. The molecule has 35 heavy (non-hydrogen) atoms. The minimum Gasteiger partial charge on any atom is -0.465 e. The van der Waals surface area contributed by atoms with Crippen LogP contribution in [0, 0.1) is 0 Å². The number of amides is 1. The van der Waals surface area contributed by atoms with Crippen LogP contribution >= 0.6 is 11.3 Å². The largest absolute Gasteiger partial charge is 0.465 e. The lowest BCUT2D eigenvalue weighted by molar-refractivity contribution is -0.132. The highest BCUT2D eigenvalue weighted by molar-refractivity contribution is 7.21. The molecule has 186 valence electrons. The number of aromatic nitrogens is 1. The van der Waals surface area contributed by atoms with E-state index in [1.165, 1.54) is 18.4 Å². The number of carbonyl (C=O) groups excluding carboxylic acids is 2. The van der Waals surface area contributed by atoms with Crippen LogP contribution < -0.4 is 0 Å². The van der Waals surface area contributed by atoms with Crippen molar-refractivity contribution in [1.82, 2.24) is 14.4 Å². The molecule has 6 nitrogen and oxygen atoms in total. The number of esters is 1. The molecule has 2 atom stereocenters. The van der Waals surface area contributed by atoms with Gasteiger partial charge in [0.25, 0.3) is 0 Å². The van der Waals surface area contributed by atoms with E-state index >= 15 is 4.39 Å². The zero-order valence-corrected chi connectivity index (χ0v) is 21.4. The number of carbonyl (C=O) groups is 2. The van der Waals surface area contributed by atoms with Crippen molar-refractivity contribution in [3.05, 3.63) is 46.3 Å². The number of fused-ring (bicyclic) bond motifs is 5. The topological polar surface area (TPSA) is 54.8 Å². The second-order valence-corrected chi connectivity index (χ2v) is 10.9. The molecule has 0 N–H and O–H groups in total. The van der Waals surface area contributed by atoms with E-state index < -0.39 is 12.1 Å². The molecule has 1 aromatic carbocycles. The van der Waals surface area contributed by atoms with Crippen LogP contribution in [0.5, 0.6) is 0 Å². The van der Waals surface area contributed by atoms with Gasteiger partial charge in [0.05, 0.1) is 23.0 Å². The van der Waals surface area contributed by atoms with Crippen molar-refractivity contribution < 1.29 is 18.7 Å². The predicted octanol–water partition coefficient (Wildman–Crippen LogP) is 5.06. The summed E-state index contributed by atoms with van der Waals surface area (Å²) >= 11 is 1.36. The number of halogens is 1. The lowest BCUT2D eigenvalue weighted by Gasteiger charge is -2.31. The van der Waals surface area contributed by atoms with Gasteiger partial charge in [0, 0.05) is 36.7 Å². The van der Waals surface area contributed by atoms with Crippen LogP contribution in [0.2, 0.25) is 0 Å². The van der Waals surface area contributed by atoms with Crippen LogP contribution in [0.25, 0.3) is 21.5 Å². The molecule has 8 heteroatoms. The molecule has 1 amide bonds. The third-order valence-electron chi connectivity index (χ3n) is 7.31.